The van der Waals surface area contributed by atoms with E-state index in [1.807, 2.05) is 0 Å². The summed E-state index contributed by atoms with van der Waals surface area (Å²) in [6.07, 6.45) is 1.06. The van der Waals surface area contributed by atoms with Gasteiger partial charge in [-0.05, 0) is 16.0 Å². The normalized spacial score (nSPS) is 10.1. The van der Waals surface area contributed by atoms with Gasteiger partial charge in [-0.2, -0.15) is 0 Å². The van der Waals surface area contributed by atoms with Gasteiger partial charge in [0.1, 0.15) is 0 Å². The summed E-state index contributed by atoms with van der Waals surface area (Å²) in [5, 5.41) is 12.5. The lowest BCUT2D eigenvalue weighted by atomic mass is 10.2. The lowest BCUT2D eigenvalue weighted by Gasteiger charge is -2.04. The van der Waals surface area contributed by atoms with Gasteiger partial charge in [0.05, 0.1) is 5.56 Å². The lowest BCUT2D eigenvalue weighted by molar-refractivity contribution is -0.389. The first-order valence-corrected chi connectivity index (χ1v) is 4.87. The molecule has 0 aliphatic rings. The fraction of sp³-hybridized carbons (Fsp3) is 0.300. The van der Waals surface area contributed by atoms with E-state index in [1.165, 1.54) is 6.07 Å². The summed E-state index contributed by atoms with van der Waals surface area (Å²) in [5.74, 6) is -1.69. The topological polar surface area (TPSA) is 102 Å². The van der Waals surface area contributed by atoms with Crippen molar-refractivity contribution in [1.29, 1.82) is 0 Å². The number of rotatable bonds is 3. The first kappa shape index (κ1) is 12.8. The molecule has 17 heavy (non-hydrogen) atoms. The number of pyridine rings is 1. The molecule has 0 aliphatic heterocycles. The molecule has 0 aliphatic carbocycles. The average Bonchev–Trinajstić information content (AvgIpc) is 2.28. The number of imide groups is 1. The number of aromatic nitrogens is 1. The molecule has 0 aromatic carbocycles. The Morgan fingerprint density at radius 1 is 1.41 bits per heavy atom. The minimum absolute atomic E-state index is 0.101. The summed E-state index contributed by atoms with van der Waals surface area (Å²) in [7, 11) is 0. The maximum Gasteiger partial charge on any atom is 0.363 e. The van der Waals surface area contributed by atoms with Crippen LogP contribution in [0.3, 0.4) is 0 Å². The zero-order chi connectivity index (χ0) is 13.0. The van der Waals surface area contributed by atoms with Crippen LogP contribution >= 0.6 is 0 Å². The Bertz CT molecular complexity index is 453. The van der Waals surface area contributed by atoms with Gasteiger partial charge < -0.3 is 10.1 Å². The molecule has 0 fully saturated rings. The third-order valence-corrected chi connectivity index (χ3v) is 1.96. The molecule has 1 rings (SSSR count). The Morgan fingerprint density at radius 3 is 2.47 bits per heavy atom. The van der Waals surface area contributed by atoms with Crippen LogP contribution < -0.4 is 5.32 Å². The summed E-state index contributed by atoms with van der Waals surface area (Å²) in [5.41, 5.74) is 0.101. The van der Waals surface area contributed by atoms with Gasteiger partial charge in [0.25, 0.3) is 5.91 Å². The van der Waals surface area contributed by atoms with Gasteiger partial charge in [-0.15, -0.1) is 0 Å². The molecule has 7 nitrogen and oxygen atoms in total. The predicted octanol–water partition coefficient (Wildman–Crippen LogP) is 0.902. The van der Waals surface area contributed by atoms with E-state index in [9.17, 15) is 19.7 Å². The van der Waals surface area contributed by atoms with Crippen molar-refractivity contribution in [2.75, 3.05) is 0 Å². The van der Waals surface area contributed by atoms with E-state index in [0.29, 0.717) is 0 Å². The summed E-state index contributed by atoms with van der Waals surface area (Å²) >= 11 is 0. The highest BCUT2D eigenvalue weighted by Crippen LogP contribution is 2.07. The Labute approximate surface area is 97.0 Å². The highest BCUT2D eigenvalue weighted by atomic mass is 16.6. The fourth-order valence-electron chi connectivity index (χ4n) is 0.957. The number of amides is 2. The number of hydrogen-bond acceptors (Lipinski definition) is 5. The molecular formula is C10H11N3O4. The first-order chi connectivity index (χ1) is 7.91. The number of nitrogens with one attached hydrogen (secondary N) is 1. The van der Waals surface area contributed by atoms with E-state index in [1.54, 1.807) is 13.8 Å². The standard InChI is InChI=1S/C10H11N3O4/c1-6(2)9(14)12-10(15)7-3-4-8(11-5-7)13(16)17/h3-6H,1-2H3,(H,12,14,15). The number of nitrogens with zero attached hydrogens (tertiary/aromatic N) is 2. The molecule has 0 atom stereocenters. The van der Waals surface area contributed by atoms with Crippen molar-refractivity contribution in [3.63, 3.8) is 0 Å². The second kappa shape index (κ2) is 5.15. The molecule has 0 unspecified atom stereocenters. The Balaban J connectivity index is 2.77. The van der Waals surface area contributed by atoms with Gasteiger partial charge in [-0.25, -0.2) is 0 Å². The van der Waals surface area contributed by atoms with Crippen molar-refractivity contribution in [3.8, 4) is 0 Å². The molecule has 0 saturated heterocycles. The van der Waals surface area contributed by atoms with Gasteiger partial charge in [0.15, 0.2) is 6.20 Å². The number of hydrogen-bond donors (Lipinski definition) is 1. The third-order valence-electron chi connectivity index (χ3n) is 1.96. The summed E-state index contributed by atoms with van der Waals surface area (Å²) in [4.78, 5) is 35.9. The minimum Gasteiger partial charge on any atom is -0.358 e. The van der Waals surface area contributed by atoms with E-state index in [2.05, 4.69) is 10.3 Å². The van der Waals surface area contributed by atoms with Crippen molar-refractivity contribution in [2.24, 2.45) is 5.92 Å². The maximum atomic E-state index is 11.5. The maximum absolute atomic E-state index is 11.5. The molecule has 1 heterocycles. The molecule has 2 amide bonds. The largest absolute Gasteiger partial charge is 0.363 e. The Kier molecular flexibility index (Phi) is 3.86. The van der Waals surface area contributed by atoms with Crippen molar-refractivity contribution in [2.45, 2.75) is 13.8 Å². The smallest absolute Gasteiger partial charge is 0.358 e. The van der Waals surface area contributed by atoms with E-state index in [-0.39, 0.29) is 17.3 Å². The van der Waals surface area contributed by atoms with Gasteiger partial charge in [-0.3, -0.25) is 14.9 Å². The van der Waals surface area contributed by atoms with Crippen LogP contribution in [-0.4, -0.2) is 21.7 Å². The second-order valence-electron chi connectivity index (χ2n) is 3.64. The lowest BCUT2D eigenvalue weighted by Crippen LogP contribution is -2.33. The van der Waals surface area contributed by atoms with Crippen LogP contribution in [0.5, 0.6) is 0 Å². The van der Waals surface area contributed by atoms with Crippen LogP contribution in [0.25, 0.3) is 0 Å². The van der Waals surface area contributed by atoms with Gasteiger partial charge in [0, 0.05) is 12.0 Å². The van der Waals surface area contributed by atoms with Crippen LogP contribution in [-0.2, 0) is 4.79 Å². The molecule has 0 bridgehead atoms. The molecule has 0 saturated carbocycles. The SMILES string of the molecule is CC(C)C(=O)NC(=O)c1ccc([N+](=O)[O-])nc1. The fourth-order valence-corrected chi connectivity index (χ4v) is 0.957. The van der Waals surface area contributed by atoms with E-state index >= 15 is 0 Å². The highest BCUT2D eigenvalue weighted by Gasteiger charge is 2.15. The Hall–Kier alpha value is -2.31. The molecule has 0 spiro atoms. The van der Waals surface area contributed by atoms with Crippen molar-refractivity contribution in [1.82, 2.24) is 10.3 Å². The highest BCUT2D eigenvalue weighted by molar-refractivity contribution is 6.04. The predicted molar refractivity (Wildman–Crippen MR) is 58.2 cm³/mol. The van der Waals surface area contributed by atoms with Crippen LogP contribution in [0.2, 0.25) is 0 Å². The molecule has 7 heteroatoms. The molecule has 90 valence electrons. The van der Waals surface area contributed by atoms with Gasteiger partial charge >= 0.3 is 5.82 Å². The molecule has 1 aromatic heterocycles. The number of nitro groups is 1. The molecule has 0 radical (unpaired) electrons. The Morgan fingerprint density at radius 2 is 2.06 bits per heavy atom. The molecule has 1 aromatic rings. The summed E-state index contributed by atoms with van der Waals surface area (Å²) < 4.78 is 0. The van der Waals surface area contributed by atoms with E-state index in [4.69, 9.17) is 0 Å². The van der Waals surface area contributed by atoms with Crippen molar-refractivity contribution < 1.29 is 14.5 Å². The van der Waals surface area contributed by atoms with E-state index in [0.717, 1.165) is 12.3 Å². The van der Waals surface area contributed by atoms with Gasteiger partial charge in [0.2, 0.25) is 5.91 Å². The molecular weight excluding hydrogens is 226 g/mol. The average molecular weight is 237 g/mol. The van der Waals surface area contributed by atoms with E-state index < -0.39 is 16.7 Å². The van der Waals surface area contributed by atoms with Crippen molar-refractivity contribution >= 4 is 17.6 Å². The summed E-state index contributed by atoms with van der Waals surface area (Å²) in [6, 6.07) is 2.35. The number of carbonyl (C=O) groups excluding carboxylic acids is 2. The number of carbonyl (C=O) groups is 2. The second-order valence-corrected chi connectivity index (χ2v) is 3.64. The van der Waals surface area contributed by atoms with Crippen LogP contribution in [0.4, 0.5) is 5.82 Å². The van der Waals surface area contributed by atoms with Gasteiger partial charge in [-0.1, -0.05) is 13.8 Å². The zero-order valence-electron chi connectivity index (χ0n) is 9.34. The first-order valence-electron chi connectivity index (χ1n) is 4.87. The quantitative estimate of drug-likeness (QED) is 0.621. The zero-order valence-corrected chi connectivity index (χ0v) is 9.34. The van der Waals surface area contributed by atoms with Crippen LogP contribution in [0.15, 0.2) is 18.3 Å². The summed E-state index contributed by atoms with van der Waals surface area (Å²) in [6.45, 7) is 3.30. The third kappa shape index (κ3) is 3.33. The monoisotopic (exact) mass is 237 g/mol. The molecule has 1 N–H and O–H groups in total. The van der Waals surface area contributed by atoms with Crippen LogP contribution in [0, 0.1) is 16.0 Å². The van der Waals surface area contributed by atoms with Crippen LogP contribution in [0.1, 0.15) is 24.2 Å². The van der Waals surface area contributed by atoms with Crippen molar-refractivity contribution in [3.05, 3.63) is 34.0 Å². The minimum atomic E-state index is -0.666.